The molecule has 0 heterocycles. The first-order chi connectivity index (χ1) is 11.6. The van der Waals surface area contributed by atoms with Gasteiger partial charge in [0.1, 0.15) is 0 Å². The SMILES string of the molecule is CC(c1ccc(S(N)(=O)=O)cc1)N(C)C(=O)c1cccc([N+](=O)[O-])c1. The van der Waals surface area contributed by atoms with Gasteiger partial charge in [0.25, 0.3) is 11.6 Å². The normalized spacial score (nSPS) is 12.4. The molecule has 0 aliphatic rings. The predicted molar refractivity (Wildman–Crippen MR) is 91.4 cm³/mol. The van der Waals surface area contributed by atoms with Crippen molar-refractivity contribution >= 4 is 21.6 Å². The maximum atomic E-state index is 12.5. The second-order valence-corrected chi connectivity index (χ2v) is 7.07. The Morgan fingerprint density at radius 1 is 1.20 bits per heavy atom. The molecule has 9 heteroatoms. The number of amides is 1. The number of non-ortho nitro benzene ring substituents is 1. The fraction of sp³-hybridized carbons (Fsp3) is 0.188. The molecule has 2 aromatic carbocycles. The van der Waals surface area contributed by atoms with E-state index in [9.17, 15) is 23.3 Å². The number of nitro groups is 1. The molecule has 0 aliphatic heterocycles. The number of hydrogen-bond donors (Lipinski definition) is 1. The molecule has 25 heavy (non-hydrogen) atoms. The largest absolute Gasteiger partial charge is 0.335 e. The second kappa shape index (κ2) is 6.99. The topological polar surface area (TPSA) is 124 Å². The lowest BCUT2D eigenvalue weighted by Crippen LogP contribution is -2.29. The van der Waals surface area contributed by atoms with Gasteiger partial charge in [0.05, 0.1) is 15.9 Å². The van der Waals surface area contributed by atoms with Crippen molar-refractivity contribution in [2.45, 2.75) is 17.9 Å². The molecule has 2 aromatic rings. The van der Waals surface area contributed by atoms with Crippen LogP contribution in [0, 0.1) is 10.1 Å². The first-order valence-electron chi connectivity index (χ1n) is 7.25. The van der Waals surface area contributed by atoms with Gasteiger partial charge in [0, 0.05) is 24.7 Å². The van der Waals surface area contributed by atoms with Crippen LogP contribution in [0.4, 0.5) is 5.69 Å². The van der Waals surface area contributed by atoms with E-state index in [4.69, 9.17) is 5.14 Å². The fourth-order valence-corrected chi connectivity index (χ4v) is 2.81. The number of primary sulfonamides is 1. The zero-order chi connectivity index (χ0) is 18.8. The van der Waals surface area contributed by atoms with Crippen LogP contribution in [0.15, 0.2) is 53.4 Å². The summed E-state index contributed by atoms with van der Waals surface area (Å²) in [5.74, 6) is -0.383. The lowest BCUT2D eigenvalue weighted by atomic mass is 10.1. The monoisotopic (exact) mass is 363 g/mol. The number of carbonyl (C=O) groups is 1. The van der Waals surface area contributed by atoms with Crippen LogP contribution in [-0.4, -0.2) is 31.2 Å². The van der Waals surface area contributed by atoms with Crippen molar-refractivity contribution in [2.24, 2.45) is 5.14 Å². The Labute approximate surface area is 145 Å². The van der Waals surface area contributed by atoms with Crippen LogP contribution in [-0.2, 0) is 10.0 Å². The highest BCUT2D eigenvalue weighted by Crippen LogP contribution is 2.23. The second-order valence-electron chi connectivity index (χ2n) is 5.51. The summed E-state index contributed by atoms with van der Waals surface area (Å²) in [4.78, 5) is 24.2. The smallest absolute Gasteiger partial charge is 0.270 e. The van der Waals surface area contributed by atoms with E-state index in [2.05, 4.69) is 0 Å². The van der Waals surface area contributed by atoms with Gasteiger partial charge in [-0.1, -0.05) is 18.2 Å². The van der Waals surface area contributed by atoms with Crippen LogP contribution < -0.4 is 5.14 Å². The van der Waals surface area contributed by atoms with Gasteiger partial charge in [-0.15, -0.1) is 0 Å². The molecule has 0 bridgehead atoms. The van der Waals surface area contributed by atoms with E-state index < -0.39 is 14.9 Å². The van der Waals surface area contributed by atoms with Gasteiger partial charge in [-0.25, -0.2) is 13.6 Å². The summed E-state index contributed by atoms with van der Waals surface area (Å²) in [5.41, 5.74) is 0.739. The standard InChI is InChI=1S/C16H17N3O5S/c1-11(12-6-8-15(9-7-12)25(17,23)24)18(2)16(20)13-4-3-5-14(10-13)19(21)22/h3-11H,1-2H3,(H2,17,23,24). The molecule has 0 radical (unpaired) electrons. The minimum Gasteiger partial charge on any atom is -0.335 e. The Morgan fingerprint density at radius 3 is 2.32 bits per heavy atom. The minimum absolute atomic E-state index is 0.0175. The molecule has 132 valence electrons. The fourth-order valence-electron chi connectivity index (χ4n) is 2.29. The Bertz CT molecular complexity index is 910. The summed E-state index contributed by atoms with van der Waals surface area (Å²) in [6.07, 6.45) is 0. The number of nitro benzene ring substituents is 1. The number of sulfonamides is 1. The average Bonchev–Trinajstić information content (AvgIpc) is 2.59. The van der Waals surface area contributed by atoms with Crippen molar-refractivity contribution < 1.29 is 18.1 Å². The van der Waals surface area contributed by atoms with Crippen molar-refractivity contribution in [1.29, 1.82) is 0 Å². The lowest BCUT2D eigenvalue weighted by Gasteiger charge is -2.25. The van der Waals surface area contributed by atoms with E-state index in [1.54, 1.807) is 26.1 Å². The summed E-state index contributed by atoms with van der Waals surface area (Å²) < 4.78 is 22.6. The maximum absolute atomic E-state index is 12.5. The molecule has 2 rings (SSSR count). The van der Waals surface area contributed by atoms with Gasteiger partial charge in [0.15, 0.2) is 0 Å². The first-order valence-corrected chi connectivity index (χ1v) is 8.80. The molecule has 1 amide bonds. The number of rotatable bonds is 5. The molecular formula is C16H17N3O5S. The summed E-state index contributed by atoms with van der Waals surface area (Å²) >= 11 is 0. The third kappa shape index (κ3) is 4.20. The summed E-state index contributed by atoms with van der Waals surface area (Å²) in [5, 5.41) is 15.9. The van der Waals surface area contributed by atoms with Crippen LogP contribution in [0.25, 0.3) is 0 Å². The summed E-state index contributed by atoms with van der Waals surface area (Å²) in [6, 6.07) is 11.0. The molecule has 0 fully saturated rings. The van der Waals surface area contributed by atoms with E-state index >= 15 is 0 Å². The van der Waals surface area contributed by atoms with Crippen LogP contribution in [0.3, 0.4) is 0 Å². The Morgan fingerprint density at radius 2 is 1.80 bits per heavy atom. The molecule has 0 saturated carbocycles. The third-order valence-corrected chi connectivity index (χ3v) is 4.83. The third-order valence-electron chi connectivity index (χ3n) is 3.90. The van der Waals surface area contributed by atoms with Gasteiger partial charge in [-0.2, -0.15) is 0 Å². The highest BCUT2D eigenvalue weighted by atomic mass is 32.2. The summed E-state index contributed by atoms with van der Waals surface area (Å²) in [7, 11) is -2.21. The molecule has 0 spiro atoms. The number of hydrogen-bond acceptors (Lipinski definition) is 5. The van der Waals surface area contributed by atoms with Gasteiger partial charge >= 0.3 is 0 Å². The van der Waals surface area contributed by atoms with Gasteiger partial charge in [-0.3, -0.25) is 14.9 Å². The molecule has 0 aliphatic carbocycles. The Balaban J connectivity index is 2.24. The lowest BCUT2D eigenvalue weighted by molar-refractivity contribution is -0.384. The number of nitrogens with two attached hydrogens (primary N) is 1. The number of benzene rings is 2. The maximum Gasteiger partial charge on any atom is 0.270 e. The van der Waals surface area contributed by atoms with Crippen LogP contribution >= 0.6 is 0 Å². The van der Waals surface area contributed by atoms with Crippen LogP contribution in [0.1, 0.15) is 28.9 Å². The predicted octanol–water partition coefficient (Wildman–Crippen LogP) is 2.08. The molecule has 1 atom stereocenters. The Hall–Kier alpha value is -2.78. The molecule has 8 nitrogen and oxygen atoms in total. The average molecular weight is 363 g/mol. The van der Waals surface area contributed by atoms with Crippen molar-refractivity contribution in [3.05, 3.63) is 69.8 Å². The van der Waals surface area contributed by atoms with Gasteiger partial charge in [0.2, 0.25) is 10.0 Å². The van der Waals surface area contributed by atoms with E-state index in [1.165, 1.54) is 41.3 Å². The van der Waals surface area contributed by atoms with E-state index in [0.717, 1.165) is 0 Å². The molecule has 1 unspecified atom stereocenters. The zero-order valence-electron chi connectivity index (χ0n) is 13.6. The van der Waals surface area contributed by atoms with Crippen LogP contribution in [0.5, 0.6) is 0 Å². The van der Waals surface area contributed by atoms with Gasteiger partial charge in [-0.05, 0) is 30.7 Å². The molecule has 0 aromatic heterocycles. The molecular weight excluding hydrogens is 346 g/mol. The van der Waals surface area contributed by atoms with Gasteiger partial charge < -0.3 is 4.90 Å². The summed E-state index contributed by atoms with van der Waals surface area (Å²) in [6.45, 7) is 1.77. The highest BCUT2D eigenvalue weighted by molar-refractivity contribution is 7.89. The highest BCUT2D eigenvalue weighted by Gasteiger charge is 2.21. The minimum atomic E-state index is -3.78. The molecule has 2 N–H and O–H groups in total. The van der Waals surface area contributed by atoms with Crippen molar-refractivity contribution in [3.63, 3.8) is 0 Å². The quantitative estimate of drug-likeness (QED) is 0.643. The van der Waals surface area contributed by atoms with Crippen molar-refractivity contribution in [3.8, 4) is 0 Å². The van der Waals surface area contributed by atoms with E-state index in [1.807, 2.05) is 0 Å². The van der Waals surface area contributed by atoms with Crippen molar-refractivity contribution in [2.75, 3.05) is 7.05 Å². The molecule has 0 saturated heterocycles. The van der Waals surface area contributed by atoms with E-state index in [0.29, 0.717) is 5.56 Å². The number of nitrogens with zero attached hydrogens (tertiary/aromatic N) is 2. The zero-order valence-corrected chi connectivity index (χ0v) is 14.4. The first kappa shape index (κ1) is 18.6. The van der Waals surface area contributed by atoms with Crippen LogP contribution in [0.2, 0.25) is 0 Å². The Kier molecular flexibility index (Phi) is 5.19. The van der Waals surface area contributed by atoms with Crippen molar-refractivity contribution in [1.82, 2.24) is 4.90 Å². The number of carbonyl (C=O) groups excluding carboxylic acids is 1. The van der Waals surface area contributed by atoms with E-state index in [-0.39, 0.29) is 28.1 Å².